The van der Waals surface area contributed by atoms with Gasteiger partial charge < -0.3 is 9.47 Å². The smallest absolute Gasteiger partial charge is 0.158 e. The fourth-order valence-electron chi connectivity index (χ4n) is 1.67. The first kappa shape index (κ1) is 11.4. The maximum absolute atomic E-state index is 5.70. The topological polar surface area (TPSA) is 18.5 Å². The first-order valence-electron chi connectivity index (χ1n) is 5.25. The monoisotopic (exact) mass is 318 g/mol. The second kappa shape index (κ2) is 5.82. The number of hydrogen-bond acceptors (Lipinski definition) is 2. The Morgan fingerprint density at radius 2 is 2.07 bits per heavy atom. The summed E-state index contributed by atoms with van der Waals surface area (Å²) < 4.78 is 12.5. The zero-order valence-corrected chi connectivity index (χ0v) is 10.7. The largest absolute Gasteiger partial charge is 0.349 e. The van der Waals surface area contributed by atoms with Crippen LogP contribution < -0.4 is 0 Å². The average molecular weight is 318 g/mol. The first-order valence-corrected chi connectivity index (χ1v) is 6.78. The van der Waals surface area contributed by atoms with Crippen molar-refractivity contribution >= 4 is 22.6 Å². The highest BCUT2D eigenvalue weighted by Crippen LogP contribution is 2.22. The summed E-state index contributed by atoms with van der Waals surface area (Å²) >= 11 is 2.36. The number of hydrogen-bond donors (Lipinski definition) is 0. The second-order valence-electron chi connectivity index (χ2n) is 3.72. The molecule has 1 heterocycles. The molecule has 2 nitrogen and oxygen atoms in total. The van der Waals surface area contributed by atoms with Crippen molar-refractivity contribution < 1.29 is 9.47 Å². The molecule has 0 unspecified atom stereocenters. The average Bonchev–Trinajstić information content (AvgIpc) is 2.76. The summed E-state index contributed by atoms with van der Waals surface area (Å²) in [6.07, 6.45) is 2.56. The van der Waals surface area contributed by atoms with E-state index in [9.17, 15) is 0 Å². The van der Waals surface area contributed by atoms with Crippen molar-refractivity contribution in [3.8, 4) is 0 Å². The molecule has 0 radical (unpaired) electrons. The van der Waals surface area contributed by atoms with Gasteiger partial charge in [0.25, 0.3) is 0 Å². The lowest BCUT2D eigenvalue weighted by Crippen LogP contribution is -2.14. The summed E-state index contributed by atoms with van der Waals surface area (Å²) in [5, 5.41) is 0. The fourth-order valence-corrected chi connectivity index (χ4v) is 2.32. The Kier molecular flexibility index (Phi) is 4.41. The predicted octanol–water partition coefficient (Wildman–Crippen LogP) is 3.14. The van der Waals surface area contributed by atoms with Gasteiger partial charge in [-0.05, 0) is 12.0 Å². The molecule has 0 bridgehead atoms. The number of halogens is 1. The Morgan fingerprint density at radius 3 is 2.73 bits per heavy atom. The van der Waals surface area contributed by atoms with Crippen molar-refractivity contribution in [1.82, 2.24) is 0 Å². The van der Waals surface area contributed by atoms with Crippen LogP contribution in [0, 0.1) is 0 Å². The molecule has 3 heteroatoms. The maximum Gasteiger partial charge on any atom is 0.158 e. The van der Waals surface area contributed by atoms with Gasteiger partial charge in [-0.3, -0.25) is 0 Å². The van der Waals surface area contributed by atoms with Crippen LogP contribution in [0.1, 0.15) is 18.4 Å². The van der Waals surface area contributed by atoms with Gasteiger partial charge in [0.15, 0.2) is 6.29 Å². The third-order valence-corrected chi connectivity index (χ3v) is 3.50. The minimum Gasteiger partial charge on any atom is -0.349 e. The molecule has 1 aliphatic rings. The Hall–Kier alpha value is -0.130. The minimum absolute atomic E-state index is 0.00460. The van der Waals surface area contributed by atoms with E-state index in [2.05, 4.69) is 34.7 Å². The fraction of sp³-hybridized carbons (Fsp3) is 0.500. The molecule has 1 fully saturated rings. The minimum atomic E-state index is 0.00460. The van der Waals surface area contributed by atoms with Gasteiger partial charge in [0.05, 0.1) is 12.7 Å². The van der Waals surface area contributed by atoms with Gasteiger partial charge in [-0.1, -0.05) is 52.9 Å². The lowest BCUT2D eigenvalue weighted by atomic mass is 10.2. The van der Waals surface area contributed by atoms with E-state index < -0.39 is 0 Å². The van der Waals surface area contributed by atoms with Crippen molar-refractivity contribution in [3.63, 3.8) is 0 Å². The van der Waals surface area contributed by atoms with Gasteiger partial charge in [0, 0.05) is 10.8 Å². The van der Waals surface area contributed by atoms with E-state index >= 15 is 0 Å². The lowest BCUT2D eigenvalue weighted by Gasteiger charge is -2.12. The molecule has 0 saturated carbocycles. The molecule has 1 aromatic carbocycles. The highest BCUT2D eigenvalue weighted by Gasteiger charge is 2.24. The van der Waals surface area contributed by atoms with Crippen LogP contribution in [0.3, 0.4) is 0 Å². The molecular weight excluding hydrogens is 303 g/mol. The van der Waals surface area contributed by atoms with Crippen LogP contribution >= 0.6 is 22.6 Å². The van der Waals surface area contributed by atoms with Crippen LogP contribution in [-0.2, 0) is 16.1 Å². The Bertz CT molecular complexity index is 289. The molecule has 0 N–H and O–H groups in total. The van der Waals surface area contributed by atoms with Gasteiger partial charge in [-0.2, -0.15) is 0 Å². The summed E-state index contributed by atoms with van der Waals surface area (Å²) in [5.74, 6) is 0. The third-order valence-electron chi connectivity index (χ3n) is 2.52. The van der Waals surface area contributed by atoms with Crippen LogP contribution in [0.4, 0.5) is 0 Å². The molecule has 2 rings (SSSR count). The van der Waals surface area contributed by atoms with Gasteiger partial charge in [-0.25, -0.2) is 0 Å². The van der Waals surface area contributed by atoms with E-state index in [1.165, 1.54) is 5.56 Å². The van der Waals surface area contributed by atoms with Gasteiger partial charge >= 0.3 is 0 Å². The number of alkyl halides is 1. The van der Waals surface area contributed by atoms with Crippen molar-refractivity contribution in [1.29, 1.82) is 0 Å². The zero-order chi connectivity index (χ0) is 10.5. The van der Waals surface area contributed by atoms with Crippen molar-refractivity contribution in [3.05, 3.63) is 35.9 Å². The van der Waals surface area contributed by atoms with Crippen molar-refractivity contribution in [2.24, 2.45) is 0 Å². The summed E-state index contributed by atoms with van der Waals surface area (Å²) in [6, 6.07) is 10.2. The molecule has 0 aromatic heterocycles. The van der Waals surface area contributed by atoms with Crippen LogP contribution in [-0.4, -0.2) is 16.8 Å². The highest BCUT2D eigenvalue weighted by atomic mass is 127. The van der Waals surface area contributed by atoms with Crippen LogP contribution in [0.25, 0.3) is 0 Å². The summed E-state index contributed by atoms with van der Waals surface area (Å²) in [7, 11) is 0. The summed E-state index contributed by atoms with van der Waals surface area (Å²) in [6.45, 7) is 0.652. The molecule has 2 atom stereocenters. The maximum atomic E-state index is 5.70. The Balaban J connectivity index is 1.75. The lowest BCUT2D eigenvalue weighted by molar-refractivity contribution is -0.135. The van der Waals surface area contributed by atoms with E-state index in [4.69, 9.17) is 9.47 Å². The molecule has 0 spiro atoms. The number of ether oxygens (including phenoxy) is 2. The SMILES string of the molecule is IC[C@@H]1CC[C@H](OCc2ccccc2)O1. The van der Waals surface area contributed by atoms with Crippen molar-refractivity contribution in [2.45, 2.75) is 31.8 Å². The molecule has 1 saturated heterocycles. The molecule has 15 heavy (non-hydrogen) atoms. The summed E-state index contributed by atoms with van der Waals surface area (Å²) in [5.41, 5.74) is 1.21. The van der Waals surface area contributed by atoms with Crippen molar-refractivity contribution in [2.75, 3.05) is 4.43 Å². The number of rotatable bonds is 4. The molecule has 0 amide bonds. The normalized spacial score (nSPS) is 25.7. The molecule has 1 aliphatic heterocycles. The summed E-state index contributed by atoms with van der Waals surface area (Å²) in [4.78, 5) is 0. The van der Waals surface area contributed by atoms with E-state index in [1.807, 2.05) is 18.2 Å². The van der Waals surface area contributed by atoms with Gasteiger partial charge in [0.2, 0.25) is 0 Å². The van der Waals surface area contributed by atoms with E-state index in [1.54, 1.807) is 0 Å². The van der Waals surface area contributed by atoms with Gasteiger partial charge in [0.1, 0.15) is 0 Å². The van der Waals surface area contributed by atoms with Crippen LogP contribution in [0.5, 0.6) is 0 Å². The molecule has 0 aliphatic carbocycles. The Labute approximate surface area is 104 Å². The van der Waals surface area contributed by atoms with Gasteiger partial charge in [-0.15, -0.1) is 0 Å². The highest BCUT2D eigenvalue weighted by molar-refractivity contribution is 14.1. The third kappa shape index (κ3) is 3.43. The van der Waals surface area contributed by atoms with Crippen LogP contribution in [0.15, 0.2) is 30.3 Å². The quantitative estimate of drug-likeness (QED) is 0.627. The van der Waals surface area contributed by atoms with Crippen LogP contribution in [0.2, 0.25) is 0 Å². The van der Waals surface area contributed by atoms with E-state index in [-0.39, 0.29) is 6.29 Å². The molecule has 82 valence electrons. The van der Waals surface area contributed by atoms with E-state index in [0.29, 0.717) is 12.7 Å². The first-order chi connectivity index (χ1) is 7.38. The Morgan fingerprint density at radius 1 is 1.27 bits per heavy atom. The predicted molar refractivity (Wildman–Crippen MR) is 68.0 cm³/mol. The second-order valence-corrected chi connectivity index (χ2v) is 4.60. The van der Waals surface area contributed by atoms with E-state index in [0.717, 1.165) is 17.3 Å². The molecule has 1 aromatic rings. The standard InChI is InChI=1S/C12H15IO2/c13-8-11-6-7-12(15-11)14-9-10-4-2-1-3-5-10/h1-5,11-12H,6-9H2/t11-,12+/m0/s1. The molecular formula is C12H15IO2. The number of benzene rings is 1. The zero-order valence-electron chi connectivity index (χ0n) is 8.56.